The molecule has 4 N–H and O–H groups in total. The first kappa shape index (κ1) is 17.7. The predicted molar refractivity (Wildman–Crippen MR) is 105 cm³/mol. The van der Waals surface area contributed by atoms with Gasteiger partial charge in [0.25, 0.3) is 0 Å². The summed E-state index contributed by atoms with van der Waals surface area (Å²) in [5, 5.41) is 3.39. The number of aromatic nitrogens is 2. The summed E-state index contributed by atoms with van der Waals surface area (Å²) >= 11 is 5.67. The van der Waals surface area contributed by atoms with Crippen molar-refractivity contribution in [2.24, 2.45) is 4.99 Å². The fourth-order valence-electron chi connectivity index (χ4n) is 2.43. The van der Waals surface area contributed by atoms with Gasteiger partial charge < -0.3 is 16.0 Å². The minimum Gasteiger partial charge on any atom is -0.395 e. The van der Waals surface area contributed by atoms with E-state index in [-0.39, 0.29) is 5.82 Å². The van der Waals surface area contributed by atoms with E-state index in [1.54, 1.807) is 30.7 Å². The smallest absolute Gasteiger partial charge is 0.153 e. The summed E-state index contributed by atoms with van der Waals surface area (Å²) in [4.78, 5) is 11.1. The number of nitrogen functional groups attached to an aromatic ring is 1. The monoisotopic (exact) mass is 369 g/mol. The number of pyridine rings is 1. The summed E-state index contributed by atoms with van der Waals surface area (Å²) in [6.45, 7) is 4.02. The molecule has 2 heterocycles. The minimum atomic E-state index is -0.339. The topological polar surface area (TPSA) is 79.1 Å². The number of anilines is 2. The number of allylic oxidation sites excluding steroid dienone is 1. The maximum atomic E-state index is 14.1. The van der Waals surface area contributed by atoms with Gasteiger partial charge in [0.15, 0.2) is 5.82 Å². The molecule has 0 saturated carbocycles. The molecule has 0 aliphatic carbocycles. The predicted octanol–water partition coefficient (Wildman–Crippen LogP) is 4.86. The van der Waals surface area contributed by atoms with Crippen molar-refractivity contribution in [2.45, 2.75) is 6.54 Å². The molecule has 0 aliphatic heterocycles. The van der Waals surface area contributed by atoms with Crippen LogP contribution in [0.2, 0.25) is 0 Å². The highest BCUT2D eigenvalue weighted by molar-refractivity contribution is 6.39. The van der Waals surface area contributed by atoms with Crippen LogP contribution in [0, 0.1) is 5.82 Å². The van der Waals surface area contributed by atoms with Crippen LogP contribution in [0.25, 0.3) is 11.1 Å². The number of nitrogens with two attached hydrogens (primary N) is 1. The van der Waals surface area contributed by atoms with Crippen LogP contribution in [0.3, 0.4) is 0 Å². The zero-order valence-electron chi connectivity index (χ0n) is 13.8. The Balaban J connectivity index is 1.84. The molecule has 0 unspecified atom stereocenters. The van der Waals surface area contributed by atoms with Gasteiger partial charge in [-0.1, -0.05) is 24.2 Å². The van der Waals surface area contributed by atoms with Crippen LogP contribution in [-0.4, -0.2) is 16.2 Å². The zero-order valence-corrected chi connectivity index (χ0v) is 14.6. The van der Waals surface area contributed by atoms with Gasteiger partial charge >= 0.3 is 0 Å². The van der Waals surface area contributed by atoms with Crippen molar-refractivity contribution in [1.29, 1.82) is 0 Å². The number of nitrogens with zero attached hydrogens (tertiary/aromatic N) is 2. The second-order valence-corrected chi connectivity index (χ2v) is 6.06. The number of hydrogen-bond donors (Lipinski definition) is 3. The number of rotatable bonds is 6. The second-order valence-electron chi connectivity index (χ2n) is 5.57. The van der Waals surface area contributed by atoms with Crippen LogP contribution in [0.5, 0.6) is 0 Å². The third-order valence-corrected chi connectivity index (χ3v) is 3.84. The number of halogens is 2. The highest BCUT2D eigenvalue weighted by Gasteiger charge is 2.12. The quantitative estimate of drug-likeness (QED) is 0.542. The van der Waals surface area contributed by atoms with Gasteiger partial charge in [0.1, 0.15) is 5.82 Å². The molecule has 0 fully saturated rings. The Bertz CT molecular complexity index is 950. The molecule has 0 atom stereocenters. The van der Waals surface area contributed by atoms with Crippen molar-refractivity contribution in [2.75, 3.05) is 11.1 Å². The van der Waals surface area contributed by atoms with Crippen molar-refractivity contribution in [1.82, 2.24) is 9.97 Å². The number of aliphatic imine (C=N–C) groups is 1. The van der Waals surface area contributed by atoms with Gasteiger partial charge in [0.05, 0.1) is 16.4 Å². The maximum absolute atomic E-state index is 14.1. The van der Waals surface area contributed by atoms with E-state index in [9.17, 15) is 4.39 Å². The third-order valence-electron chi connectivity index (χ3n) is 3.74. The Labute approximate surface area is 155 Å². The van der Waals surface area contributed by atoms with Crippen LogP contribution < -0.4 is 11.1 Å². The zero-order chi connectivity index (χ0) is 18.5. The number of hydrogen-bond acceptors (Lipinski definition) is 4. The first-order valence-electron chi connectivity index (χ1n) is 7.82. The Morgan fingerprint density at radius 3 is 2.85 bits per heavy atom. The Morgan fingerprint density at radius 1 is 1.35 bits per heavy atom. The normalized spacial score (nSPS) is 11.0. The van der Waals surface area contributed by atoms with E-state index >= 15 is 0 Å². The Kier molecular flexibility index (Phi) is 5.34. The molecular weight excluding hydrogens is 353 g/mol. The molecule has 0 radical (unpaired) electrons. The van der Waals surface area contributed by atoms with Gasteiger partial charge in [-0.3, -0.25) is 4.98 Å². The molecule has 0 amide bonds. The summed E-state index contributed by atoms with van der Waals surface area (Å²) in [6.07, 6.45) is 6.52. The first-order valence-corrected chi connectivity index (χ1v) is 8.20. The van der Waals surface area contributed by atoms with E-state index < -0.39 is 0 Å². The van der Waals surface area contributed by atoms with Gasteiger partial charge in [-0.2, -0.15) is 0 Å². The van der Waals surface area contributed by atoms with Gasteiger partial charge in [-0.05, 0) is 35.4 Å². The fraction of sp³-hybridized carbons (Fsp3) is 0.0526. The average Bonchev–Trinajstić information content (AvgIpc) is 3.01. The van der Waals surface area contributed by atoms with Crippen LogP contribution >= 0.6 is 11.6 Å². The van der Waals surface area contributed by atoms with Gasteiger partial charge in [0, 0.05) is 36.9 Å². The summed E-state index contributed by atoms with van der Waals surface area (Å²) in [5.74, 6) is 0.131. The molecule has 7 heteroatoms. The first-order chi connectivity index (χ1) is 12.5. The third kappa shape index (κ3) is 4.10. The standard InChI is InChI=1S/C19H17ClFN5/c1-12(20)9-25-19-18(22)15(11-26-19)14-2-3-16(21)17(8-14)24-10-13-4-6-23-7-5-13/h2-9,11,24,26H,1,10,22H2/b25-9-. The highest BCUT2D eigenvalue weighted by atomic mass is 35.5. The number of H-pyrrole nitrogens is 1. The van der Waals surface area contributed by atoms with E-state index in [0.717, 1.165) is 16.7 Å². The van der Waals surface area contributed by atoms with Crippen molar-refractivity contribution in [3.63, 3.8) is 0 Å². The molecular formula is C19H17ClFN5. The summed E-state index contributed by atoms with van der Waals surface area (Å²) in [6, 6.07) is 8.52. The number of benzene rings is 1. The van der Waals surface area contributed by atoms with Crippen LogP contribution in [0.4, 0.5) is 21.6 Å². The fourth-order valence-corrected chi connectivity index (χ4v) is 2.48. The number of nitrogens with one attached hydrogen (secondary N) is 2. The van der Waals surface area contributed by atoms with Crippen LogP contribution in [-0.2, 0) is 6.54 Å². The van der Waals surface area contributed by atoms with Crippen molar-refractivity contribution >= 4 is 35.0 Å². The molecule has 26 heavy (non-hydrogen) atoms. The van der Waals surface area contributed by atoms with Gasteiger partial charge in [0.2, 0.25) is 0 Å². The average molecular weight is 370 g/mol. The lowest BCUT2D eigenvalue weighted by molar-refractivity contribution is 0.630. The van der Waals surface area contributed by atoms with E-state index in [1.807, 2.05) is 12.1 Å². The lowest BCUT2D eigenvalue weighted by atomic mass is 10.1. The lowest BCUT2D eigenvalue weighted by Crippen LogP contribution is -2.01. The Hall–Kier alpha value is -3.12. The molecule has 3 aromatic rings. The Morgan fingerprint density at radius 2 is 2.12 bits per heavy atom. The molecule has 132 valence electrons. The second kappa shape index (κ2) is 7.84. The van der Waals surface area contributed by atoms with E-state index in [2.05, 4.69) is 26.9 Å². The van der Waals surface area contributed by atoms with Crippen LogP contribution in [0.1, 0.15) is 5.56 Å². The maximum Gasteiger partial charge on any atom is 0.153 e. The minimum absolute atomic E-state index is 0.296. The molecule has 3 rings (SSSR count). The molecule has 0 aliphatic rings. The number of aromatic amines is 1. The summed E-state index contributed by atoms with van der Waals surface area (Å²) in [5.41, 5.74) is 9.47. The summed E-state index contributed by atoms with van der Waals surface area (Å²) < 4.78 is 14.1. The highest BCUT2D eigenvalue weighted by Crippen LogP contribution is 2.35. The van der Waals surface area contributed by atoms with Crippen molar-refractivity contribution in [3.8, 4) is 11.1 Å². The summed E-state index contributed by atoms with van der Waals surface area (Å²) in [7, 11) is 0. The van der Waals surface area contributed by atoms with Gasteiger partial charge in [-0.25, -0.2) is 9.38 Å². The SMILES string of the molecule is C=C(Cl)/C=N\c1[nH]cc(-c2ccc(F)c(NCc3ccncc3)c2)c1N. The van der Waals surface area contributed by atoms with E-state index in [0.29, 0.717) is 28.8 Å². The molecule has 2 aromatic heterocycles. The molecule has 5 nitrogen and oxygen atoms in total. The molecule has 0 spiro atoms. The molecule has 0 bridgehead atoms. The largest absolute Gasteiger partial charge is 0.395 e. The van der Waals surface area contributed by atoms with E-state index in [1.165, 1.54) is 12.3 Å². The van der Waals surface area contributed by atoms with Crippen LogP contribution in [0.15, 0.2) is 65.5 Å². The molecule has 0 saturated heterocycles. The van der Waals surface area contributed by atoms with Crippen molar-refractivity contribution in [3.05, 3.63) is 71.9 Å². The van der Waals surface area contributed by atoms with E-state index in [4.69, 9.17) is 17.3 Å². The van der Waals surface area contributed by atoms with Gasteiger partial charge in [-0.15, -0.1) is 0 Å². The molecule has 1 aromatic carbocycles. The van der Waals surface area contributed by atoms with Crippen molar-refractivity contribution < 1.29 is 4.39 Å². The lowest BCUT2D eigenvalue weighted by Gasteiger charge is -2.10.